The molecular formula is C17H11Cl2NO4. The fraction of sp³-hybridized carbons (Fsp3) is 0.118. The van der Waals surface area contributed by atoms with Crippen LogP contribution in [0, 0.1) is 0 Å². The average Bonchev–Trinajstić information content (AvgIpc) is 2.81. The number of fused-ring (bicyclic) bond motifs is 1. The van der Waals surface area contributed by atoms with Crippen LogP contribution in [0.2, 0.25) is 10.0 Å². The van der Waals surface area contributed by atoms with Crippen LogP contribution in [0.4, 0.5) is 0 Å². The van der Waals surface area contributed by atoms with Gasteiger partial charge in [0.15, 0.2) is 0 Å². The van der Waals surface area contributed by atoms with Crippen molar-refractivity contribution in [3.63, 3.8) is 0 Å². The van der Waals surface area contributed by atoms with Gasteiger partial charge >= 0.3 is 5.97 Å². The smallest absolute Gasteiger partial charge is 0.312 e. The summed E-state index contributed by atoms with van der Waals surface area (Å²) in [5.74, 6) is -1.14. The first-order valence-corrected chi connectivity index (χ1v) is 7.84. The topological polar surface area (TPSA) is 63.7 Å². The number of carbonyl (C=O) groups is 3. The van der Waals surface area contributed by atoms with E-state index in [1.165, 1.54) is 18.2 Å². The van der Waals surface area contributed by atoms with E-state index in [0.29, 0.717) is 16.1 Å². The number of nitrogens with zero attached hydrogens (tertiary/aromatic N) is 1. The van der Waals surface area contributed by atoms with Crippen molar-refractivity contribution in [2.75, 3.05) is 6.54 Å². The van der Waals surface area contributed by atoms with E-state index in [1.807, 2.05) is 0 Å². The maximum absolute atomic E-state index is 12.2. The number of halogens is 2. The van der Waals surface area contributed by atoms with E-state index in [4.69, 9.17) is 27.9 Å². The summed E-state index contributed by atoms with van der Waals surface area (Å²) in [7, 11) is 0. The van der Waals surface area contributed by atoms with Crippen LogP contribution >= 0.6 is 23.2 Å². The first-order chi connectivity index (χ1) is 11.5. The van der Waals surface area contributed by atoms with Crippen molar-refractivity contribution in [3.05, 3.63) is 63.6 Å². The number of amides is 2. The predicted molar refractivity (Wildman–Crippen MR) is 88.5 cm³/mol. The minimum Gasteiger partial charge on any atom is -0.426 e. The number of hydrogen-bond donors (Lipinski definition) is 0. The molecule has 0 atom stereocenters. The third kappa shape index (κ3) is 3.13. The Balaban J connectivity index is 1.62. The van der Waals surface area contributed by atoms with E-state index in [1.54, 1.807) is 24.3 Å². The number of esters is 1. The molecule has 3 rings (SSSR count). The highest BCUT2D eigenvalue weighted by Crippen LogP contribution is 2.27. The maximum Gasteiger partial charge on any atom is 0.312 e. The molecule has 0 saturated heterocycles. The van der Waals surface area contributed by atoms with Gasteiger partial charge in [0.25, 0.3) is 11.8 Å². The molecule has 2 aromatic carbocycles. The normalized spacial score (nSPS) is 13.2. The Morgan fingerprint density at radius 3 is 2.17 bits per heavy atom. The van der Waals surface area contributed by atoms with Gasteiger partial charge in [-0.2, -0.15) is 0 Å². The number of rotatable bonds is 4. The van der Waals surface area contributed by atoms with Crippen molar-refractivity contribution < 1.29 is 19.1 Å². The van der Waals surface area contributed by atoms with Crippen molar-refractivity contribution >= 4 is 41.0 Å². The average molecular weight is 364 g/mol. The van der Waals surface area contributed by atoms with E-state index >= 15 is 0 Å². The van der Waals surface area contributed by atoms with Gasteiger partial charge in [-0.1, -0.05) is 35.3 Å². The quantitative estimate of drug-likeness (QED) is 0.473. The standard InChI is InChI=1S/C17H11Cl2NO4/c18-13-6-5-10(9-14(13)19)24-15(21)7-8-20-16(22)11-3-1-2-4-12(11)17(20)23/h1-6,9H,7-8H2. The van der Waals surface area contributed by atoms with Crippen LogP contribution in [0.3, 0.4) is 0 Å². The molecule has 0 aromatic heterocycles. The SMILES string of the molecule is O=C(CCN1C(=O)c2ccccc2C1=O)Oc1ccc(Cl)c(Cl)c1. The minimum absolute atomic E-state index is 0.0491. The molecule has 0 N–H and O–H groups in total. The van der Waals surface area contributed by atoms with Gasteiger partial charge in [-0.3, -0.25) is 19.3 Å². The van der Waals surface area contributed by atoms with Gasteiger partial charge in [0.2, 0.25) is 0 Å². The van der Waals surface area contributed by atoms with Gasteiger partial charge in [0.05, 0.1) is 27.6 Å². The molecule has 5 nitrogen and oxygen atoms in total. The van der Waals surface area contributed by atoms with Gasteiger partial charge < -0.3 is 4.74 Å². The molecule has 0 bridgehead atoms. The van der Waals surface area contributed by atoms with Crippen molar-refractivity contribution in [2.24, 2.45) is 0 Å². The van der Waals surface area contributed by atoms with Gasteiger partial charge in [0.1, 0.15) is 5.75 Å². The number of ether oxygens (including phenoxy) is 1. The minimum atomic E-state index is -0.579. The zero-order chi connectivity index (χ0) is 17.3. The molecule has 24 heavy (non-hydrogen) atoms. The molecule has 0 spiro atoms. The summed E-state index contributed by atoms with van der Waals surface area (Å²) in [6.45, 7) is -0.0491. The second kappa shape index (κ2) is 6.63. The lowest BCUT2D eigenvalue weighted by Crippen LogP contribution is -2.32. The Morgan fingerprint density at radius 1 is 0.958 bits per heavy atom. The Bertz CT molecular complexity index is 815. The van der Waals surface area contributed by atoms with Crippen molar-refractivity contribution in [3.8, 4) is 5.75 Å². The van der Waals surface area contributed by atoms with Crippen LogP contribution in [0.15, 0.2) is 42.5 Å². The molecule has 0 aliphatic carbocycles. The summed E-state index contributed by atoms with van der Waals surface area (Å²) in [6, 6.07) is 11.0. The lowest BCUT2D eigenvalue weighted by molar-refractivity contribution is -0.134. The highest BCUT2D eigenvalue weighted by atomic mass is 35.5. The fourth-order valence-electron chi connectivity index (χ4n) is 2.37. The van der Waals surface area contributed by atoms with Crippen LogP contribution in [0.25, 0.3) is 0 Å². The van der Waals surface area contributed by atoms with E-state index < -0.39 is 17.8 Å². The molecule has 1 aliphatic rings. The lowest BCUT2D eigenvalue weighted by atomic mass is 10.1. The maximum atomic E-state index is 12.2. The summed E-state index contributed by atoms with van der Waals surface area (Å²) in [5, 5.41) is 0.616. The highest BCUT2D eigenvalue weighted by molar-refractivity contribution is 6.42. The number of hydrogen-bond acceptors (Lipinski definition) is 4. The molecule has 0 fully saturated rings. The van der Waals surface area contributed by atoms with Gasteiger partial charge in [0, 0.05) is 12.6 Å². The molecule has 2 amide bonds. The number of imide groups is 1. The van der Waals surface area contributed by atoms with Crippen LogP contribution in [-0.4, -0.2) is 29.2 Å². The predicted octanol–water partition coefficient (Wildman–Crippen LogP) is 3.59. The molecule has 0 saturated carbocycles. The lowest BCUT2D eigenvalue weighted by Gasteiger charge is -2.13. The number of carbonyl (C=O) groups excluding carboxylic acids is 3. The fourth-order valence-corrected chi connectivity index (χ4v) is 2.66. The Kier molecular flexibility index (Phi) is 4.55. The third-order valence-corrected chi connectivity index (χ3v) is 4.28. The summed E-state index contributed by atoms with van der Waals surface area (Å²) in [4.78, 5) is 37.3. The number of benzene rings is 2. The Hall–Kier alpha value is -2.37. The van der Waals surface area contributed by atoms with E-state index in [9.17, 15) is 14.4 Å². The summed E-state index contributed by atoms with van der Waals surface area (Å²) >= 11 is 11.6. The Labute approximate surface area is 147 Å². The summed E-state index contributed by atoms with van der Waals surface area (Å²) < 4.78 is 5.13. The highest BCUT2D eigenvalue weighted by Gasteiger charge is 2.35. The largest absolute Gasteiger partial charge is 0.426 e. The second-order valence-electron chi connectivity index (χ2n) is 5.11. The van der Waals surface area contributed by atoms with Crippen LogP contribution < -0.4 is 4.74 Å². The summed E-state index contributed by atoms with van der Waals surface area (Å²) in [6.07, 6.45) is -0.119. The van der Waals surface area contributed by atoms with Gasteiger partial charge in [-0.15, -0.1) is 0 Å². The van der Waals surface area contributed by atoms with Gasteiger partial charge in [-0.25, -0.2) is 0 Å². The van der Waals surface area contributed by atoms with Gasteiger partial charge in [-0.05, 0) is 24.3 Å². The first kappa shape index (κ1) is 16.5. The first-order valence-electron chi connectivity index (χ1n) is 7.08. The van der Waals surface area contributed by atoms with Crippen molar-refractivity contribution in [2.45, 2.75) is 6.42 Å². The van der Waals surface area contributed by atoms with Crippen LogP contribution in [0.1, 0.15) is 27.1 Å². The second-order valence-corrected chi connectivity index (χ2v) is 5.92. The molecule has 1 heterocycles. The molecule has 1 aliphatic heterocycles. The van der Waals surface area contributed by atoms with Crippen LogP contribution in [-0.2, 0) is 4.79 Å². The molecule has 122 valence electrons. The van der Waals surface area contributed by atoms with Crippen LogP contribution in [0.5, 0.6) is 5.75 Å². The van der Waals surface area contributed by atoms with Crippen molar-refractivity contribution in [1.82, 2.24) is 4.90 Å². The summed E-state index contributed by atoms with van der Waals surface area (Å²) in [5.41, 5.74) is 0.695. The molecule has 2 aromatic rings. The zero-order valence-corrected chi connectivity index (χ0v) is 13.8. The van der Waals surface area contributed by atoms with E-state index in [2.05, 4.69) is 0 Å². The van der Waals surface area contributed by atoms with E-state index in [-0.39, 0.29) is 23.7 Å². The molecule has 7 heteroatoms. The Morgan fingerprint density at radius 2 is 1.58 bits per heavy atom. The monoisotopic (exact) mass is 363 g/mol. The molecule has 0 unspecified atom stereocenters. The molecule has 0 radical (unpaired) electrons. The third-order valence-electron chi connectivity index (χ3n) is 3.54. The van der Waals surface area contributed by atoms with E-state index in [0.717, 1.165) is 4.90 Å². The van der Waals surface area contributed by atoms with Crippen molar-refractivity contribution in [1.29, 1.82) is 0 Å². The zero-order valence-electron chi connectivity index (χ0n) is 12.3. The molecular weight excluding hydrogens is 353 g/mol.